The number of hydrogen-bond donors (Lipinski definition) is 2. The number of fused-ring (bicyclic) bond motifs is 3. The normalized spacial score (nSPS) is 12.6. The highest BCUT2D eigenvalue weighted by Crippen LogP contribution is 2.34. The number of methoxy groups -OCH3 is 2. The van der Waals surface area contributed by atoms with Gasteiger partial charge >= 0.3 is 10.4 Å². The standard InChI is InChI=1S/C23H28N4O2.H2O4S/c1-6-25(7-2)16(3)27-20-11-9-8-10-19(20)26-15-18(24-23(26)27)17-12-13-21(28-4)22(14-17)29-5;1-5(2,3)4/h8-16H,6-7H2,1-5H3;(H2,1,2,3,4). The van der Waals surface area contributed by atoms with Gasteiger partial charge < -0.3 is 9.47 Å². The van der Waals surface area contributed by atoms with E-state index in [4.69, 9.17) is 32.0 Å². The molecular weight excluding hydrogens is 460 g/mol. The molecule has 0 aliphatic heterocycles. The summed E-state index contributed by atoms with van der Waals surface area (Å²) in [6, 6.07) is 14.4. The van der Waals surface area contributed by atoms with E-state index in [1.807, 2.05) is 18.2 Å². The molecule has 0 aliphatic carbocycles. The van der Waals surface area contributed by atoms with Crippen LogP contribution in [0.4, 0.5) is 0 Å². The van der Waals surface area contributed by atoms with Gasteiger partial charge in [-0.2, -0.15) is 8.42 Å². The summed E-state index contributed by atoms with van der Waals surface area (Å²) in [6.07, 6.45) is 2.30. The number of imidazole rings is 2. The average Bonchev–Trinajstić information content (AvgIpc) is 3.35. The Hall–Kier alpha value is -3.12. The monoisotopic (exact) mass is 490 g/mol. The molecule has 34 heavy (non-hydrogen) atoms. The molecule has 10 nitrogen and oxygen atoms in total. The van der Waals surface area contributed by atoms with Crippen molar-refractivity contribution in [2.75, 3.05) is 27.3 Å². The third kappa shape index (κ3) is 5.33. The lowest BCUT2D eigenvalue weighted by molar-refractivity contribution is 0.179. The SMILES string of the molecule is CCN(CC)C(C)n1c2ccccc2n2cc(-c3ccc(OC)c(OC)c3)nc12.O=S(=O)(O)O. The first-order valence-electron chi connectivity index (χ1n) is 10.8. The molecule has 2 aromatic heterocycles. The van der Waals surface area contributed by atoms with Crippen LogP contribution in [0.5, 0.6) is 11.5 Å². The molecule has 11 heteroatoms. The Kier molecular flexibility index (Phi) is 7.82. The molecule has 2 heterocycles. The molecule has 184 valence electrons. The number of nitrogens with zero attached hydrogens (tertiary/aromatic N) is 4. The van der Waals surface area contributed by atoms with Crippen molar-refractivity contribution in [1.29, 1.82) is 0 Å². The van der Waals surface area contributed by atoms with Crippen molar-refractivity contribution in [3.05, 3.63) is 48.7 Å². The lowest BCUT2D eigenvalue weighted by Gasteiger charge is -2.28. The van der Waals surface area contributed by atoms with Crippen molar-refractivity contribution in [2.45, 2.75) is 26.9 Å². The van der Waals surface area contributed by atoms with Crippen molar-refractivity contribution in [2.24, 2.45) is 0 Å². The molecule has 4 rings (SSSR count). The van der Waals surface area contributed by atoms with Crippen LogP contribution < -0.4 is 9.47 Å². The van der Waals surface area contributed by atoms with Crippen LogP contribution in [0.25, 0.3) is 28.1 Å². The van der Waals surface area contributed by atoms with Gasteiger partial charge in [0.05, 0.1) is 37.1 Å². The molecule has 0 bridgehead atoms. The first-order valence-corrected chi connectivity index (χ1v) is 12.2. The molecule has 0 fully saturated rings. The number of hydrogen-bond acceptors (Lipinski definition) is 6. The highest BCUT2D eigenvalue weighted by molar-refractivity contribution is 7.79. The molecule has 0 aliphatic rings. The predicted molar refractivity (Wildman–Crippen MR) is 131 cm³/mol. The van der Waals surface area contributed by atoms with Crippen LogP contribution in [0.15, 0.2) is 48.7 Å². The molecule has 0 spiro atoms. The van der Waals surface area contributed by atoms with Crippen LogP contribution in [0, 0.1) is 0 Å². The van der Waals surface area contributed by atoms with Gasteiger partial charge in [-0.1, -0.05) is 26.0 Å². The Balaban J connectivity index is 0.000000588. The van der Waals surface area contributed by atoms with E-state index in [0.29, 0.717) is 11.5 Å². The van der Waals surface area contributed by atoms with E-state index in [2.05, 4.69) is 65.1 Å². The van der Waals surface area contributed by atoms with Gasteiger partial charge in [0.1, 0.15) is 0 Å². The summed E-state index contributed by atoms with van der Waals surface area (Å²) in [5.74, 6) is 2.35. The van der Waals surface area contributed by atoms with Crippen molar-refractivity contribution >= 4 is 27.2 Å². The van der Waals surface area contributed by atoms with Gasteiger partial charge in [-0.25, -0.2) is 4.98 Å². The molecule has 0 radical (unpaired) electrons. The zero-order valence-electron chi connectivity index (χ0n) is 19.8. The second-order valence-corrected chi connectivity index (χ2v) is 8.42. The molecule has 2 aromatic carbocycles. The van der Waals surface area contributed by atoms with Crippen LogP contribution in [-0.4, -0.2) is 63.7 Å². The van der Waals surface area contributed by atoms with Crippen molar-refractivity contribution in [3.8, 4) is 22.8 Å². The Bertz CT molecular complexity index is 1370. The summed E-state index contributed by atoms with van der Waals surface area (Å²) < 4.78 is 46.9. The number of para-hydroxylation sites is 2. The number of rotatable bonds is 7. The van der Waals surface area contributed by atoms with E-state index in [9.17, 15) is 0 Å². The quantitative estimate of drug-likeness (QED) is 0.370. The average molecular weight is 491 g/mol. The van der Waals surface area contributed by atoms with Gasteiger partial charge in [-0.05, 0) is 50.3 Å². The van der Waals surface area contributed by atoms with Gasteiger partial charge in [0.2, 0.25) is 5.78 Å². The van der Waals surface area contributed by atoms with E-state index in [1.54, 1.807) is 14.2 Å². The molecule has 4 aromatic rings. The fourth-order valence-electron chi connectivity index (χ4n) is 4.12. The summed E-state index contributed by atoms with van der Waals surface area (Å²) in [4.78, 5) is 7.45. The van der Waals surface area contributed by atoms with Crippen molar-refractivity contribution < 1.29 is 27.0 Å². The zero-order valence-corrected chi connectivity index (χ0v) is 20.7. The van der Waals surface area contributed by atoms with Crippen LogP contribution in [-0.2, 0) is 10.4 Å². The summed E-state index contributed by atoms with van der Waals surface area (Å²) >= 11 is 0. The van der Waals surface area contributed by atoms with Crippen LogP contribution >= 0.6 is 0 Å². The molecule has 1 atom stereocenters. The lowest BCUT2D eigenvalue weighted by atomic mass is 10.1. The van der Waals surface area contributed by atoms with Gasteiger partial charge in [-0.3, -0.25) is 23.0 Å². The molecule has 2 N–H and O–H groups in total. The van der Waals surface area contributed by atoms with Gasteiger partial charge in [-0.15, -0.1) is 0 Å². The van der Waals surface area contributed by atoms with E-state index in [1.165, 1.54) is 5.52 Å². The zero-order chi connectivity index (χ0) is 25.0. The van der Waals surface area contributed by atoms with E-state index >= 15 is 0 Å². The maximum Gasteiger partial charge on any atom is 0.394 e. The van der Waals surface area contributed by atoms with E-state index < -0.39 is 10.4 Å². The third-order valence-electron chi connectivity index (χ3n) is 5.70. The minimum absolute atomic E-state index is 0.202. The Morgan fingerprint density at radius 2 is 1.59 bits per heavy atom. The van der Waals surface area contributed by atoms with Crippen LogP contribution in [0.3, 0.4) is 0 Å². The maximum absolute atomic E-state index is 8.74. The Morgan fingerprint density at radius 1 is 1.00 bits per heavy atom. The number of benzene rings is 2. The van der Waals surface area contributed by atoms with Crippen molar-refractivity contribution in [1.82, 2.24) is 18.9 Å². The van der Waals surface area contributed by atoms with E-state index in [0.717, 1.165) is 35.6 Å². The summed E-state index contributed by atoms with van der Waals surface area (Å²) in [5, 5.41) is 0. The number of ether oxygens (including phenoxy) is 2. The predicted octanol–water partition coefficient (Wildman–Crippen LogP) is 4.18. The fourth-order valence-corrected chi connectivity index (χ4v) is 4.12. The molecular formula is C23H30N4O6S. The highest BCUT2D eigenvalue weighted by Gasteiger charge is 2.21. The largest absolute Gasteiger partial charge is 0.493 e. The van der Waals surface area contributed by atoms with E-state index in [-0.39, 0.29) is 6.17 Å². The smallest absolute Gasteiger partial charge is 0.394 e. The maximum atomic E-state index is 8.74. The summed E-state index contributed by atoms with van der Waals surface area (Å²) in [5.41, 5.74) is 4.25. The second-order valence-electron chi connectivity index (χ2n) is 7.53. The van der Waals surface area contributed by atoms with Gasteiger partial charge in [0.15, 0.2) is 11.5 Å². The third-order valence-corrected chi connectivity index (χ3v) is 5.70. The first-order chi connectivity index (χ1) is 16.1. The Labute approximate surface area is 198 Å². The topological polar surface area (TPSA) is 119 Å². The van der Waals surface area contributed by atoms with Gasteiger partial charge in [0, 0.05) is 11.8 Å². The first kappa shape index (κ1) is 25.5. The molecule has 0 saturated carbocycles. The summed E-state index contributed by atoms with van der Waals surface area (Å²) in [7, 11) is -1.37. The second kappa shape index (κ2) is 10.4. The molecule has 1 unspecified atom stereocenters. The number of aromatic nitrogens is 3. The highest BCUT2D eigenvalue weighted by atomic mass is 32.3. The molecule has 0 amide bonds. The van der Waals surface area contributed by atoms with Crippen molar-refractivity contribution in [3.63, 3.8) is 0 Å². The van der Waals surface area contributed by atoms with Crippen LogP contribution in [0.1, 0.15) is 26.9 Å². The minimum atomic E-state index is -4.67. The lowest BCUT2D eigenvalue weighted by Crippen LogP contribution is -2.30. The van der Waals surface area contributed by atoms with Gasteiger partial charge in [0.25, 0.3) is 0 Å². The Morgan fingerprint density at radius 3 is 2.15 bits per heavy atom. The van der Waals surface area contributed by atoms with Crippen LogP contribution in [0.2, 0.25) is 0 Å². The minimum Gasteiger partial charge on any atom is -0.493 e. The summed E-state index contributed by atoms with van der Waals surface area (Å²) in [6.45, 7) is 8.61. The fraction of sp³-hybridized carbons (Fsp3) is 0.348. The molecule has 0 saturated heterocycles.